The van der Waals surface area contributed by atoms with Crippen LogP contribution in [0.5, 0.6) is 0 Å². The number of rotatable bonds is 7. The summed E-state index contributed by atoms with van der Waals surface area (Å²) in [5.74, 6) is -0.756. The van der Waals surface area contributed by atoms with E-state index in [1.807, 2.05) is 6.08 Å². The molecule has 0 atom stereocenters. The Hall–Kier alpha value is -1.36. The molecule has 0 unspecified atom stereocenters. The van der Waals surface area contributed by atoms with Gasteiger partial charge in [-0.25, -0.2) is 0 Å². The van der Waals surface area contributed by atoms with E-state index in [9.17, 15) is 9.59 Å². The van der Waals surface area contributed by atoms with E-state index in [1.54, 1.807) is 0 Å². The van der Waals surface area contributed by atoms with Crippen molar-refractivity contribution in [3.63, 3.8) is 0 Å². The fourth-order valence-corrected chi connectivity index (χ4v) is 1.24. The number of carboxylic acid groups (broad SMARTS) is 1. The van der Waals surface area contributed by atoms with Crippen LogP contribution in [0, 0.1) is 5.92 Å². The van der Waals surface area contributed by atoms with Gasteiger partial charge in [-0.05, 0) is 24.8 Å². The summed E-state index contributed by atoms with van der Waals surface area (Å²) < 4.78 is 4.83. The molecule has 0 spiro atoms. The number of methoxy groups -OCH3 is 1. The highest BCUT2D eigenvalue weighted by Gasteiger charge is 2.19. The van der Waals surface area contributed by atoms with E-state index in [0.717, 1.165) is 12.8 Å². The van der Waals surface area contributed by atoms with Crippen molar-refractivity contribution in [1.82, 2.24) is 4.90 Å². The lowest BCUT2D eigenvalue weighted by atomic mass is 10.3. The monoisotopic (exact) mass is 227 g/mol. The van der Waals surface area contributed by atoms with Crippen LogP contribution >= 0.6 is 0 Å². The van der Waals surface area contributed by atoms with E-state index in [-0.39, 0.29) is 12.5 Å². The van der Waals surface area contributed by atoms with E-state index in [4.69, 9.17) is 9.84 Å². The second-order valence-electron chi connectivity index (χ2n) is 3.84. The Morgan fingerprint density at radius 3 is 2.69 bits per heavy atom. The van der Waals surface area contributed by atoms with Crippen molar-refractivity contribution in [2.75, 3.05) is 26.8 Å². The molecule has 0 saturated heterocycles. The Bertz CT molecular complexity index is 284. The number of carboxylic acids is 1. The van der Waals surface area contributed by atoms with E-state index in [1.165, 1.54) is 18.1 Å². The van der Waals surface area contributed by atoms with Crippen molar-refractivity contribution >= 4 is 11.9 Å². The average Bonchev–Trinajstić information content (AvgIpc) is 3.04. The number of ether oxygens (including phenoxy) is 1. The molecule has 5 nitrogen and oxygen atoms in total. The Morgan fingerprint density at radius 2 is 2.19 bits per heavy atom. The summed E-state index contributed by atoms with van der Waals surface area (Å²) in [6.45, 7) is 0.365. The molecule has 0 radical (unpaired) electrons. The zero-order valence-corrected chi connectivity index (χ0v) is 9.39. The molecule has 0 bridgehead atoms. The first-order valence-corrected chi connectivity index (χ1v) is 5.31. The molecule has 0 heterocycles. The van der Waals surface area contributed by atoms with Gasteiger partial charge in [0.05, 0.1) is 6.61 Å². The lowest BCUT2D eigenvalue weighted by molar-refractivity contribution is -0.143. The minimum absolute atomic E-state index is 0.258. The number of hydrogen-bond donors (Lipinski definition) is 1. The van der Waals surface area contributed by atoms with Gasteiger partial charge in [-0.1, -0.05) is 6.08 Å². The van der Waals surface area contributed by atoms with Gasteiger partial charge in [0, 0.05) is 13.7 Å². The number of allylic oxidation sites excluding steroid dienone is 1. The third kappa shape index (κ3) is 4.93. The maximum absolute atomic E-state index is 11.6. The van der Waals surface area contributed by atoms with Crippen molar-refractivity contribution in [3.05, 3.63) is 12.2 Å². The summed E-state index contributed by atoms with van der Waals surface area (Å²) in [5, 5.41) is 8.66. The van der Waals surface area contributed by atoms with Gasteiger partial charge in [-0.15, -0.1) is 0 Å². The molecular weight excluding hydrogens is 210 g/mol. The minimum atomic E-state index is -1.01. The molecule has 1 amide bonds. The molecule has 0 aromatic rings. The summed E-state index contributed by atoms with van der Waals surface area (Å²) in [5.41, 5.74) is 0. The fourth-order valence-electron chi connectivity index (χ4n) is 1.24. The summed E-state index contributed by atoms with van der Waals surface area (Å²) in [6, 6.07) is 0. The van der Waals surface area contributed by atoms with Crippen LogP contribution < -0.4 is 0 Å². The normalized spacial score (nSPS) is 15.3. The van der Waals surface area contributed by atoms with Crippen LogP contribution in [0.3, 0.4) is 0 Å². The zero-order chi connectivity index (χ0) is 12.0. The predicted molar refractivity (Wildman–Crippen MR) is 58.0 cm³/mol. The van der Waals surface area contributed by atoms with E-state index in [0.29, 0.717) is 19.1 Å². The molecule has 0 aliphatic heterocycles. The molecule has 5 heteroatoms. The van der Waals surface area contributed by atoms with Gasteiger partial charge in [-0.3, -0.25) is 9.59 Å². The highest BCUT2D eigenvalue weighted by Crippen LogP contribution is 2.29. The third-order valence-corrected chi connectivity index (χ3v) is 2.34. The van der Waals surface area contributed by atoms with Crippen LogP contribution in [-0.4, -0.2) is 48.7 Å². The lowest BCUT2D eigenvalue weighted by Gasteiger charge is -2.18. The van der Waals surface area contributed by atoms with Gasteiger partial charge in [0.1, 0.15) is 6.54 Å². The molecule has 1 aliphatic carbocycles. The lowest BCUT2D eigenvalue weighted by Crippen LogP contribution is -2.36. The first kappa shape index (κ1) is 12.7. The minimum Gasteiger partial charge on any atom is -0.480 e. The van der Waals surface area contributed by atoms with Crippen LogP contribution in [0.4, 0.5) is 0 Å². The first-order chi connectivity index (χ1) is 7.63. The number of carbonyl (C=O) groups excluding carboxylic acids is 1. The van der Waals surface area contributed by atoms with Crippen LogP contribution in [-0.2, 0) is 14.3 Å². The van der Waals surface area contributed by atoms with Crippen LogP contribution in [0.15, 0.2) is 12.2 Å². The summed E-state index contributed by atoms with van der Waals surface area (Å²) in [6.07, 6.45) is 5.57. The summed E-state index contributed by atoms with van der Waals surface area (Å²) in [4.78, 5) is 23.5. The summed E-state index contributed by atoms with van der Waals surface area (Å²) in [7, 11) is 1.52. The Labute approximate surface area is 94.7 Å². The largest absolute Gasteiger partial charge is 0.480 e. The van der Waals surface area contributed by atoms with Crippen molar-refractivity contribution in [3.8, 4) is 0 Å². The maximum atomic E-state index is 11.6. The summed E-state index contributed by atoms with van der Waals surface area (Å²) >= 11 is 0. The first-order valence-electron chi connectivity index (χ1n) is 5.31. The van der Waals surface area contributed by atoms with Gasteiger partial charge in [0.2, 0.25) is 5.91 Å². The average molecular weight is 227 g/mol. The number of amides is 1. The van der Waals surface area contributed by atoms with Gasteiger partial charge < -0.3 is 14.7 Å². The molecular formula is C11H17NO4. The van der Waals surface area contributed by atoms with Crippen molar-refractivity contribution in [1.29, 1.82) is 0 Å². The second kappa shape index (κ2) is 6.27. The van der Waals surface area contributed by atoms with Crippen LogP contribution in [0.2, 0.25) is 0 Å². The quantitative estimate of drug-likeness (QED) is 0.644. The van der Waals surface area contributed by atoms with E-state index in [2.05, 4.69) is 0 Å². The Balaban J connectivity index is 2.44. The molecule has 1 fully saturated rings. The third-order valence-electron chi connectivity index (χ3n) is 2.34. The van der Waals surface area contributed by atoms with Gasteiger partial charge in [0.25, 0.3) is 0 Å². The van der Waals surface area contributed by atoms with Crippen LogP contribution in [0.1, 0.15) is 12.8 Å². The Morgan fingerprint density at radius 1 is 1.50 bits per heavy atom. The van der Waals surface area contributed by atoms with Crippen molar-refractivity contribution in [2.24, 2.45) is 5.92 Å². The Kier molecular flexibility index (Phi) is 4.98. The van der Waals surface area contributed by atoms with Gasteiger partial charge in [0.15, 0.2) is 0 Å². The molecule has 1 aliphatic rings. The molecule has 1 rings (SSSR count). The highest BCUT2D eigenvalue weighted by atomic mass is 16.5. The standard InChI is InChI=1S/C11H17NO4/c1-16-7-6-12(8-11(14)15)10(13)5-4-9-2-3-9/h4-5,9H,2-3,6-8H2,1H3,(H,14,15)/b5-4+. The van der Waals surface area contributed by atoms with Crippen molar-refractivity contribution in [2.45, 2.75) is 12.8 Å². The fraction of sp³-hybridized carbons (Fsp3) is 0.636. The SMILES string of the molecule is COCCN(CC(=O)O)C(=O)/C=C/C1CC1. The smallest absolute Gasteiger partial charge is 0.323 e. The molecule has 90 valence electrons. The number of aliphatic carboxylic acids is 1. The van der Waals surface area contributed by atoms with Crippen molar-refractivity contribution < 1.29 is 19.4 Å². The van der Waals surface area contributed by atoms with Crippen LogP contribution in [0.25, 0.3) is 0 Å². The topological polar surface area (TPSA) is 66.8 Å². The zero-order valence-electron chi connectivity index (χ0n) is 9.39. The molecule has 1 saturated carbocycles. The van der Waals surface area contributed by atoms with Gasteiger partial charge in [-0.2, -0.15) is 0 Å². The molecule has 0 aromatic heterocycles. The van der Waals surface area contributed by atoms with Gasteiger partial charge >= 0.3 is 5.97 Å². The highest BCUT2D eigenvalue weighted by molar-refractivity contribution is 5.90. The predicted octanol–water partition coefficient (Wildman–Crippen LogP) is 0.512. The number of carbonyl (C=O) groups is 2. The van der Waals surface area contributed by atoms with E-state index >= 15 is 0 Å². The maximum Gasteiger partial charge on any atom is 0.323 e. The molecule has 0 aromatic carbocycles. The van der Waals surface area contributed by atoms with E-state index < -0.39 is 5.97 Å². The number of hydrogen-bond acceptors (Lipinski definition) is 3. The second-order valence-corrected chi connectivity index (χ2v) is 3.84. The molecule has 16 heavy (non-hydrogen) atoms. The number of nitrogens with zero attached hydrogens (tertiary/aromatic N) is 1. The molecule has 1 N–H and O–H groups in total.